The second-order valence-electron chi connectivity index (χ2n) is 7.76. The first-order valence-corrected chi connectivity index (χ1v) is 12.3. The summed E-state index contributed by atoms with van der Waals surface area (Å²) >= 11 is 14.1. The number of esters is 1. The Morgan fingerprint density at radius 2 is 1.85 bits per heavy atom. The zero-order valence-corrected chi connectivity index (χ0v) is 21.1. The minimum absolute atomic E-state index is 0.0290. The summed E-state index contributed by atoms with van der Waals surface area (Å²) in [5.74, 6) is -1.90. The molecule has 1 N–H and O–H groups in total. The van der Waals surface area contributed by atoms with E-state index in [0.29, 0.717) is 28.4 Å². The van der Waals surface area contributed by atoms with Crippen LogP contribution in [0.1, 0.15) is 36.8 Å². The zero-order valence-electron chi connectivity index (χ0n) is 18.8. The summed E-state index contributed by atoms with van der Waals surface area (Å²) in [6, 6.07) is 5.00. The Morgan fingerprint density at radius 3 is 2.50 bits per heavy atom. The Hall–Kier alpha value is -2.55. The topological polar surface area (TPSA) is 96.8 Å². The molecule has 1 aliphatic rings. The lowest BCUT2D eigenvalue weighted by Crippen LogP contribution is -2.34. The van der Waals surface area contributed by atoms with E-state index in [1.165, 1.54) is 18.1 Å². The molecule has 34 heavy (non-hydrogen) atoms. The number of halogens is 2. The van der Waals surface area contributed by atoms with Gasteiger partial charge in [0.2, 0.25) is 0 Å². The fourth-order valence-corrected chi connectivity index (χ4v) is 5.10. The van der Waals surface area contributed by atoms with Gasteiger partial charge < -0.3 is 14.7 Å². The standard InChI is InChI=1S/C24H24Cl2N2O5S/c1-14-7-8-27-11-15(14)12-28(23(30)16-5-3-4-6-17(16)24(31)32)20-10-21(19(26)9-18(20)25)34-13-22(29)33-2/h7-11H,3-6,12-13H2,1-2H3,(H,31,32). The third kappa shape index (κ3) is 6.11. The highest BCUT2D eigenvalue weighted by atomic mass is 35.5. The molecule has 2 aromatic rings. The number of methoxy groups -OCH3 is 1. The highest BCUT2D eigenvalue weighted by Gasteiger charge is 2.30. The van der Waals surface area contributed by atoms with Crippen molar-refractivity contribution in [1.29, 1.82) is 0 Å². The minimum Gasteiger partial charge on any atom is -0.478 e. The van der Waals surface area contributed by atoms with E-state index in [4.69, 9.17) is 27.9 Å². The summed E-state index contributed by atoms with van der Waals surface area (Å²) < 4.78 is 4.70. The maximum Gasteiger partial charge on any atom is 0.332 e. The van der Waals surface area contributed by atoms with Gasteiger partial charge in [-0.3, -0.25) is 14.6 Å². The smallest absolute Gasteiger partial charge is 0.332 e. The number of rotatable bonds is 8. The quantitative estimate of drug-likeness (QED) is 0.363. The van der Waals surface area contributed by atoms with E-state index in [9.17, 15) is 19.5 Å². The number of hydrogen-bond acceptors (Lipinski definition) is 6. The molecule has 0 spiro atoms. The van der Waals surface area contributed by atoms with E-state index in [-0.39, 0.29) is 28.5 Å². The predicted octanol–water partition coefficient (Wildman–Crippen LogP) is 5.45. The van der Waals surface area contributed by atoms with Gasteiger partial charge in [0.25, 0.3) is 5.91 Å². The van der Waals surface area contributed by atoms with Gasteiger partial charge in [-0.1, -0.05) is 23.2 Å². The first-order chi connectivity index (χ1) is 16.2. The predicted molar refractivity (Wildman–Crippen MR) is 132 cm³/mol. The van der Waals surface area contributed by atoms with Crippen LogP contribution in [0.4, 0.5) is 5.69 Å². The molecule has 1 heterocycles. The lowest BCUT2D eigenvalue weighted by molar-refractivity contribution is -0.137. The Balaban J connectivity index is 2.10. The first-order valence-electron chi connectivity index (χ1n) is 10.6. The number of benzene rings is 1. The average Bonchev–Trinajstić information content (AvgIpc) is 2.82. The van der Waals surface area contributed by atoms with Crippen LogP contribution in [0.25, 0.3) is 0 Å². The van der Waals surface area contributed by atoms with E-state index < -0.39 is 17.8 Å². The van der Waals surface area contributed by atoms with E-state index in [1.807, 2.05) is 13.0 Å². The number of thioether (sulfide) groups is 1. The summed E-state index contributed by atoms with van der Waals surface area (Å²) in [7, 11) is 1.30. The lowest BCUT2D eigenvalue weighted by Gasteiger charge is -2.28. The normalized spacial score (nSPS) is 13.5. The van der Waals surface area contributed by atoms with E-state index >= 15 is 0 Å². The third-order valence-electron chi connectivity index (χ3n) is 5.57. The fourth-order valence-electron chi connectivity index (χ4n) is 3.67. The summed E-state index contributed by atoms with van der Waals surface area (Å²) in [4.78, 5) is 43.5. The van der Waals surface area contributed by atoms with Crippen molar-refractivity contribution in [2.45, 2.75) is 44.0 Å². The molecule has 3 rings (SSSR count). The number of aliphatic carboxylic acids is 1. The molecular formula is C24H24Cl2N2O5S. The number of amides is 1. The number of aryl methyl sites for hydroxylation is 1. The van der Waals surface area contributed by atoms with Crippen LogP contribution in [0.2, 0.25) is 10.0 Å². The van der Waals surface area contributed by atoms with Crippen LogP contribution >= 0.6 is 35.0 Å². The van der Waals surface area contributed by atoms with Gasteiger partial charge in [0.15, 0.2) is 0 Å². The molecule has 180 valence electrons. The van der Waals surface area contributed by atoms with Crippen molar-refractivity contribution in [3.8, 4) is 0 Å². The van der Waals surface area contributed by atoms with Gasteiger partial charge in [-0.25, -0.2) is 4.79 Å². The number of aromatic nitrogens is 1. The number of pyridine rings is 1. The van der Waals surface area contributed by atoms with Crippen LogP contribution in [-0.2, 0) is 25.7 Å². The first kappa shape index (κ1) is 26.1. The number of ether oxygens (including phenoxy) is 1. The molecule has 0 saturated heterocycles. The van der Waals surface area contributed by atoms with Crippen molar-refractivity contribution >= 4 is 58.5 Å². The van der Waals surface area contributed by atoms with Crippen LogP contribution in [-0.4, -0.2) is 40.8 Å². The highest BCUT2D eigenvalue weighted by Crippen LogP contribution is 2.39. The summed E-state index contributed by atoms with van der Waals surface area (Å²) in [5, 5.41) is 10.3. The minimum atomic E-state index is -1.09. The van der Waals surface area contributed by atoms with Crippen LogP contribution in [0.5, 0.6) is 0 Å². The molecule has 1 amide bonds. The van der Waals surface area contributed by atoms with Crippen LogP contribution in [0, 0.1) is 6.92 Å². The number of nitrogens with zero attached hydrogens (tertiary/aromatic N) is 2. The Bertz CT molecular complexity index is 1150. The molecule has 1 aromatic heterocycles. The van der Waals surface area contributed by atoms with Gasteiger partial charge in [0.1, 0.15) is 0 Å². The number of anilines is 1. The molecule has 1 aliphatic carbocycles. The molecule has 0 atom stereocenters. The molecule has 1 aromatic carbocycles. The molecule has 0 fully saturated rings. The number of carboxylic acid groups (broad SMARTS) is 1. The summed E-state index contributed by atoms with van der Waals surface area (Å²) in [5.41, 5.74) is 2.49. The van der Waals surface area contributed by atoms with Crippen molar-refractivity contribution in [1.82, 2.24) is 4.98 Å². The molecule has 0 bridgehead atoms. The molecule has 0 saturated carbocycles. The van der Waals surface area contributed by atoms with Crippen molar-refractivity contribution in [3.05, 3.63) is 62.9 Å². The van der Waals surface area contributed by atoms with Crippen molar-refractivity contribution in [2.24, 2.45) is 0 Å². The van der Waals surface area contributed by atoms with Gasteiger partial charge in [0.05, 0.1) is 35.1 Å². The van der Waals surface area contributed by atoms with E-state index in [1.54, 1.807) is 18.5 Å². The number of carboxylic acids is 1. The van der Waals surface area contributed by atoms with Gasteiger partial charge in [0, 0.05) is 28.4 Å². The third-order valence-corrected chi connectivity index (χ3v) is 7.33. The van der Waals surface area contributed by atoms with Crippen molar-refractivity contribution in [2.75, 3.05) is 17.8 Å². The van der Waals surface area contributed by atoms with Gasteiger partial charge in [-0.15, -0.1) is 11.8 Å². The second-order valence-corrected chi connectivity index (χ2v) is 9.59. The maximum absolute atomic E-state index is 13.8. The molecule has 0 radical (unpaired) electrons. The molecule has 0 aliphatic heterocycles. The van der Waals surface area contributed by atoms with Crippen LogP contribution in [0.15, 0.2) is 46.6 Å². The second kappa shape index (κ2) is 11.7. The largest absolute Gasteiger partial charge is 0.478 e. The van der Waals surface area contributed by atoms with Crippen molar-refractivity contribution < 1.29 is 24.2 Å². The van der Waals surface area contributed by atoms with Gasteiger partial charge in [-0.2, -0.15) is 0 Å². The maximum atomic E-state index is 13.8. The fraction of sp³-hybridized carbons (Fsp3) is 0.333. The van der Waals surface area contributed by atoms with Crippen molar-refractivity contribution in [3.63, 3.8) is 0 Å². The molecular weight excluding hydrogens is 499 g/mol. The lowest BCUT2D eigenvalue weighted by atomic mass is 9.90. The van der Waals surface area contributed by atoms with Crippen LogP contribution in [0.3, 0.4) is 0 Å². The van der Waals surface area contributed by atoms with Crippen LogP contribution < -0.4 is 4.90 Å². The Kier molecular flexibility index (Phi) is 8.99. The molecule has 7 nitrogen and oxygen atoms in total. The average molecular weight is 523 g/mol. The monoisotopic (exact) mass is 522 g/mol. The van der Waals surface area contributed by atoms with Gasteiger partial charge in [-0.05, 0) is 61.9 Å². The molecule has 10 heteroatoms. The Labute approximate surface area is 212 Å². The summed E-state index contributed by atoms with van der Waals surface area (Å²) in [6.07, 6.45) is 5.49. The van der Waals surface area contributed by atoms with E-state index in [0.717, 1.165) is 35.7 Å². The molecule has 0 unspecified atom stereocenters. The van der Waals surface area contributed by atoms with E-state index in [2.05, 4.69) is 4.98 Å². The Morgan fingerprint density at radius 1 is 1.15 bits per heavy atom. The summed E-state index contributed by atoms with van der Waals surface area (Å²) in [6.45, 7) is 2.04. The SMILES string of the molecule is COC(=O)CSc1cc(N(Cc2cnccc2C)C(=O)C2=C(C(=O)O)CCCC2)c(Cl)cc1Cl. The zero-order chi connectivity index (χ0) is 24.8. The number of hydrogen-bond donors (Lipinski definition) is 1. The number of carbonyl (C=O) groups is 3. The number of carbonyl (C=O) groups excluding carboxylic acids is 2. The highest BCUT2D eigenvalue weighted by molar-refractivity contribution is 8.00. The van der Waals surface area contributed by atoms with Gasteiger partial charge >= 0.3 is 11.9 Å².